The number of H-pyrrole nitrogens is 1. The molecule has 1 aromatic carbocycles. The molecule has 0 aliphatic heterocycles. The Hall–Kier alpha value is -1.61. The van der Waals surface area contributed by atoms with E-state index in [4.69, 9.17) is 16.6 Å². The molecule has 1 heterocycles. The van der Waals surface area contributed by atoms with Crippen LogP contribution in [0.1, 0.15) is 49.1 Å². The van der Waals surface area contributed by atoms with Gasteiger partial charge < -0.3 is 4.98 Å². The van der Waals surface area contributed by atoms with Gasteiger partial charge in [0.2, 0.25) is 0 Å². The average Bonchev–Trinajstić information content (AvgIpc) is 3.01. The highest BCUT2D eigenvalue weighted by atomic mass is 35.5. The predicted molar refractivity (Wildman–Crippen MR) is 93.2 cm³/mol. The largest absolute Gasteiger partial charge is 0.310 e. The van der Waals surface area contributed by atoms with E-state index in [1.54, 1.807) is 0 Å². The fourth-order valence-corrected chi connectivity index (χ4v) is 4.53. The maximum absolute atomic E-state index is 12.9. The Morgan fingerprint density at radius 2 is 2.00 bits per heavy atom. The lowest BCUT2D eigenvalue weighted by atomic mass is 9.68. The molecule has 1 aromatic heterocycles. The van der Waals surface area contributed by atoms with Gasteiger partial charge in [-0.1, -0.05) is 37.1 Å². The Kier molecular flexibility index (Phi) is 3.76. The number of hydrogen-bond acceptors (Lipinski definition) is 2. The SMILES string of the molecule is O=c1[nH]c(CCCCl)nc2c1C1(CCCC1)Cc1ccccc1-2. The van der Waals surface area contributed by atoms with Crippen molar-refractivity contribution in [2.45, 2.75) is 50.4 Å². The average molecular weight is 329 g/mol. The van der Waals surface area contributed by atoms with E-state index in [0.29, 0.717) is 5.88 Å². The highest BCUT2D eigenvalue weighted by Crippen LogP contribution is 2.49. The molecule has 0 saturated heterocycles. The van der Waals surface area contributed by atoms with Gasteiger partial charge in [-0.2, -0.15) is 0 Å². The molecule has 1 fully saturated rings. The maximum atomic E-state index is 12.9. The number of rotatable bonds is 3. The molecule has 0 radical (unpaired) electrons. The van der Waals surface area contributed by atoms with Crippen molar-refractivity contribution in [3.8, 4) is 11.3 Å². The summed E-state index contributed by atoms with van der Waals surface area (Å²) in [5, 5.41) is 0. The molecular formula is C19H21ClN2O. The van der Waals surface area contributed by atoms with E-state index in [1.165, 1.54) is 18.4 Å². The number of aryl methyl sites for hydroxylation is 1. The Morgan fingerprint density at radius 1 is 1.22 bits per heavy atom. The minimum atomic E-state index is -0.00468. The molecule has 1 N–H and O–H groups in total. The van der Waals surface area contributed by atoms with Crippen LogP contribution < -0.4 is 5.56 Å². The molecule has 2 aliphatic carbocycles. The summed E-state index contributed by atoms with van der Waals surface area (Å²) in [6, 6.07) is 8.43. The van der Waals surface area contributed by atoms with Gasteiger partial charge >= 0.3 is 0 Å². The van der Waals surface area contributed by atoms with Gasteiger partial charge in [-0.25, -0.2) is 4.98 Å². The molecule has 0 bridgehead atoms. The molecular weight excluding hydrogens is 308 g/mol. The molecule has 3 nitrogen and oxygen atoms in total. The third-order valence-electron chi connectivity index (χ3n) is 5.41. The van der Waals surface area contributed by atoms with Gasteiger partial charge in [0.25, 0.3) is 5.56 Å². The van der Waals surface area contributed by atoms with E-state index in [2.05, 4.69) is 23.2 Å². The van der Waals surface area contributed by atoms with Gasteiger partial charge in [0.05, 0.1) is 11.3 Å². The summed E-state index contributed by atoms with van der Waals surface area (Å²) in [4.78, 5) is 20.8. The van der Waals surface area contributed by atoms with E-state index in [9.17, 15) is 4.79 Å². The van der Waals surface area contributed by atoms with Crippen molar-refractivity contribution in [3.05, 3.63) is 51.6 Å². The van der Waals surface area contributed by atoms with Crippen molar-refractivity contribution >= 4 is 11.6 Å². The zero-order chi connectivity index (χ0) is 15.9. The number of benzene rings is 1. The third-order valence-corrected chi connectivity index (χ3v) is 5.68. The van der Waals surface area contributed by atoms with E-state index in [0.717, 1.165) is 54.7 Å². The fraction of sp³-hybridized carbons (Fsp3) is 0.474. The molecule has 2 aromatic rings. The van der Waals surface area contributed by atoms with Crippen LogP contribution in [0.25, 0.3) is 11.3 Å². The number of aromatic nitrogens is 2. The van der Waals surface area contributed by atoms with E-state index < -0.39 is 0 Å². The van der Waals surface area contributed by atoms with Crippen LogP contribution in [0.2, 0.25) is 0 Å². The number of hydrogen-bond donors (Lipinski definition) is 1. The summed E-state index contributed by atoms with van der Waals surface area (Å²) >= 11 is 5.79. The second-order valence-corrected chi connectivity index (χ2v) is 7.23. The molecule has 120 valence electrons. The second-order valence-electron chi connectivity index (χ2n) is 6.85. The molecule has 1 saturated carbocycles. The third kappa shape index (κ3) is 2.42. The minimum Gasteiger partial charge on any atom is -0.310 e. The first-order valence-electron chi connectivity index (χ1n) is 8.51. The van der Waals surface area contributed by atoms with Crippen LogP contribution in [0, 0.1) is 0 Å². The number of alkyl halides is 1. The zero-order valence-electron chi connectivity index (χ0n) is 13.2. The summed E-state index contributed by atoms with van der Waals surface area (Å²) in [7, 11) is 0. The number of fused-ring (bicyclic) bond motifs is 4. The maximum Gasteiger partial charge on any atom is 0.255 e. The lowest BCUT2D eigenvalue weighted by Gasteiger charge is -2.35. The van der Waals surface area contributed by atoms with E-state index in [-0.39, 0.29) is 11.0 Å². The minimum absolute atomic E-state index is 0.00468. The normalized spacial score (nSPS) is 18.0. The summed E-state index contributed by atoms with van der Waals surface area (Å²) < 4.78 is 0. The summed E-state index contributed by atoms with van der Waals surface area (Å²) in [5.74, 6) is 1.35. The van der Waals surface area contributed by atoms with Crippen LogP contribution in [0.5, 0.6) is 0 Å². The first kappa shape index (κ1) is 14.9. The van der Waals surface area contributed by atoms with Crippen LogP contribution in [-0.4, -0.2) is 15.8 Å². The molecule has 0 amide bonds. The van der Waals surface area contributed by atoms with Crippen molar-refractivity contribution in [2.24, 2.45) is 0 Å². The monoisotopic (exact) mass is 328 g/mol. The molecule has 2 aliphatic rings. The van der Waals surface area contributed by atoms with Crippen LogP contribution in [0.15, 0.2) is 29.1 Å². The van der Waals surface area contributed by atoms with Gasteiger partial charge in [0.1, 0.15) is 5.82 Å². The van der Waals surface area contributed by atoms with Crippen molar-refractivity contribution < 1.29 is 0 Å². The standard InChI is InChI=1S/C19H21ClN2O/c20-11-5-8-15-21-17-14-7-2-1-6-13(14)12-19(9-3-4-10-19)16(17)18(23)22-15/h1-2,6-7H,3-5,8-12H2,(H,21,22,23). The fourth-order valence-electron chi connectivity index (χ4n) is 4.40. The lowest BCUT2D eigenvalue weighted by Crippen LogP contribution is -2.37. The van der Waals surface area contributed by atoms with Gasteiger partial charge in [-0.05, 0) is 31.2 Å². The Balaban J connectivity index is 1.93. The molecule has 1 spiro atoms. The molecule has 0 unspecified atom stereocenters. The Morgan fingerprint density at radius 3 is 2.78 bits per heavy atom. The van der Waals surface area contributed by atoms with Crippen LogP contribution >= 0.6 is 11.6 Å². The number of nitrogens with zero attached hydrogens (tertiary/aromatic N) is 1. The molecule has 23 heavy (non-hydrogen) atoms. The van der Waals surface area contributed by atoms with Gasteiger partial charge in [-0.15, -0.1) is 11.6 Å². The summed E-state index contributed by atoms with van der Waals surface area (Å²) in [6.45, 7) is 0. The highest BCUT2D eigenvalue weighted by Gasteiger charge is 2.43. The molecule has 0 atom stereocenters. The number of nitrogens with one attached hydrogen (secondary N) is 1. The van der Waals surface area contributed by atoms with Crippen molar-refractivity contribution in [1.29, 1.82) is 0 Å². The second kappa shape index (κ2) is 5.79. The van der Waals surface area contributed by atoms with E-state index in [1.807, 2.05) is 6.07 Å². The van der Waals surface area contributed by atoms with Crippen molar-refractivity contribution in [3.63, 3.8) is 0 Å². The summed E-state index contributed by atoms with van der Waals surface area (Å²) in [6.07, 6.45) is 7.13. The van der Waals surface area contributed by atoms with Gasteiger partial charge in [0, 0.05) is 23.3 Å². The Bertz CT molecular complexity index is 790. The number of aromatic amines is 1. The lowest BCUT2D eigenvalue weighted by molar-refractivity contribution is 0.426. The topological polar surface area (TPSA) is 45.8 Å². The smallest absolute Gasteiger partial charge is 0.255 e. The Labute approximate surface area is 141 Å². The highest BCUT2D eigenvalue weighted by molar-refractivity contribution is 6.17. The quantitative estimate of drug-likeness (QED) is 0.866. The van der Waals surface area contributed by atoms with Crippen LogP contribution in [0.4, 0.5) is 0 Å². The van der Waals surface area contributed by atoms with Crippen molar-refractivity contribution in [1.82, 2.24) is 9.97 Å². The molecule has 4 rings (SSSR count). The number of halogens is 1. The van der Waals surface area contributed by atoms with Gasteiger partial charge in [-0.3, -0.25) is 4.79 Å². The van der Waals surface area contributed by atoms with Crippen LogP contribution in [-0.2, 0) is 18.3 Å². The van der Waals surface area contributed by atoms with Crippen LogP contribution in [0.3, 0.4) is 0 Å². The zero-order valence-corrected chi connectivity index (χ0v) is 14.0. The van der Waals surface area contributed by atoms with Gasteiger partial charge in [0.15, 0.2) is 0 Å². The van der Waals surface area contributed by atoms with E-state index >= 15 is 0 Å². The molecule has 4 heteroatoms. The predicted octanol–water partition coefficient (Wildman–Crippen LogP) is 3.98. The summed E-state index contributed by atoms with van der Waals surface area (Å²) in [5.41, 5.74) is 4.39. The first-order chi connectivity index (χ1) is 11.2. The van der Waals surface area contributed by atoms with Crippen molar-refractivity contribution in [2.75, 3.05) is 5.88 Å². The first-order valence-corrected chi connectivity index (χ1v) is 9.05.